The number of nitrogens with one attached hydrogen (secondary N) is 2. The van der Waals surface area contributed by atoms with Gasteiger partial charge in [-0.05, 0) is 36.4 Å². The zero-order chi connectivity index (χ0) is 17.4. The molecule has 0 heterocycles. The molecule has 128 valence electrons. The third-order valence-corrected chi connectivity index (χ3v) is 4.69. The third kappa shape index (κ3) is 6.43. The van der Waals surface area contributed by atoms with E-state index in [1.165, 1.54) is 4.90 Å². The number of hydrogen-bond donors (Lipinski definition) is 2. The minimum Gasteiger partial charge on any atom is -0.497 e. The van der Waals surface area contributed by atoms with E-state index in [0.29, 0.717) is 6.54 Å². The van der Waals surface area contributed by atoms with Gasteiger partial charge < -0.3 is 15.0 Å². The molecule has 4 nitrogen and oxygen atoms in total. The summed E-state index contributed by atoms with van der Waals surface area (Å²) in [5, 5.41) is 3.65. The standard InChI is InChI=1S/C18H21ClN2O2S/c1-21(10-11-24-17-8-6-14(19)7-9-17)13-18(22)20-15-4-3-5-16(12-15)23-2/h3-9,12H,10-11,13H2,1-2H3,(H,20,22)/p+1. The molecule has 1 amide bonds. The second-order valence-electron chi connectivity index (χ2n) is 5.47. The fourth-order valence-electron chi connectivity index (χ4n) is 2.14. The maximum absolute atomic E-state index is 12.1. The van der Waals surface area contributed by atoms with E-state index in [9.17, 15) is 4.79 Å². The molecule has 0 radical (unpaired) electrons. The fourth-order valence-corrected chi connectivity index (χ4v) is 3.28. The van der Waals surface area contributed by atoms with Crippen molar-refractivity contribution in [2.75, 3.05) is 38.3 Å². The maximum atomic E-state index is 12.1. The fraction of sp³-hybridized carbons (Fsp3) is 0.278. The van der Waals surface area contributed by atoms with Crippen molar-refractivity contribution >= 4 is 35.0 Å². The Bertz CT molecular complexity index is 664. The Labute approximate surface area is 152 Å². The molecular formula is C18H22ClN2O2S+. The van der Waals surface area contributed by atoms with Gasteiger partial charge >= 0.3 is 0 Å². The number of benzene rings is 2. The lowest BCUT2D eigenvalue weighted by atomic mass is 10.3. The SMILES string of the molecule is COc1cccc(NC(=O)C[NH+](C)CCSc2ccc(Cl)cc2)c1. The molecule has 0 aliphatic heterocycles. The molecule has 0 fully saturated rings. The van der Waals surface area contributed by atoms with E-state index in [-0.39, 0.29) is 5.91 Å². The van der Waals surface area contributed by atoms with E-state index >= 15 is 0 Å². The Hall–Kier alpha value is -1.69. The van der Waals surface area contributed by atoms with Crippen molar-refractivity contribution in [1.82, 2.24) is 0 Å². The average molecular weight is 366 g/mol. The largest absolute Gasteiger partial charge is 0.497 e. The zero-order valence-electron chi connectivity index (χ0n) is 13.8. The Morgan fingerprint density at radius 3 is 2.71 bits per heavy atom. The number of quaternary nitrogens is 1. The molecule has 0 bridgehead atoms. The molecule has 0 aliphatic rings. The number of halogens is 1. The summed E-state index contributed by atoms with van der Waals surface area (Å²) in [6.45, 7) is 1.33. The molecule has 0 aromatic heterocycles. The highest BCUT2D eigenvalue weighted by molar-refractivity contribution is 7.99. The van der Waals surface area contributed by atoms with Gasteiger partial charge in [-0.1, -0.05) is 17.7 Å². The van der Waals surface area contributed by atoms with Crippen molar-refractivity contribution in [1.29, 1.82) is 0 Å². The molecule has 6 heteroatoms. The molecule has 1 atom stereocenters. The van der Waals surface area contributed by atoms with Gasteiger partial charge in [-0.15, -0.1) is 11.8 Å². The Morgan fingerprint density at radius 2 is 2.00 bits per heavy atom. The maximum Gasteiger partial charge on any atom is 0.279 e. The van der Waals surface area contributed by atoms with Crippen LogP contribution in [0.25, 0.3) is 0 Å². The van der Waals surface area contributed by atoms with Crippen LogP contribution in [0, 0.1) is 0 Å². The predicted octanol–water partition coefficient (Wildman–Crippen LogP) is 2.59. The number of ether oxygens (including phenoxy) is 1. The Kier molecular flexibility index (Phi) is 7.43. The van der Waals surface area contributed by atoms with Crippen LogP contribution in [-0.2, 0) is 4.79 Å². The summed E-state index contributed by atoms with van der Waals surface area (Å²) < 4.78 is 5.15. The lowest BCUT2D eigenvalue weighted by Gasteiger charge is -2.14. The van der Waals surface area contributed by atoms with Crippen LogP contribution in [0.4, 0.5) is 5.69 Å². The van der Waals surface area contributed by atoms with Gasteiger partial charge in [0.2, 0.25) is 0 Å². The van der Waals surface area contributed by atoms with Crippen LogP contribution in [0.2, 0.25) is 5.02 Å². The van der Waals surface area contributed by atoms with Crippen LogP contribution in [0.15, 0.2) is 53.4 Å². The minimum absolute atomic E-state index is 0.00255. The molecule has 0 aliphatic carbocycles. The van der Waals surface area contributed by atoms with E-state index in [0.717, 1.165) is 33.7 Å². The second-order valence-corrected chi connectivity index (χ2v) is 7.07. The quantitative estimate of drug-likeness (QED) is 0.707. The molecule has 2 N–H and O–H groups in total. The van der Waals surface area contributed by atoms with E-state index in [1.807, 2.05) is 55.6 Å². The highest BCUT2D eigenvalue weighted by Crippen LogP contribution is 2.19. The first-order chi connectivity index (χ1) is 11.6. The van der Waals surface area contributed by atoms with Crippen molar-refractivity contribution in [3.8, 4) is 5.75 Å². The van der Waals surface area contributed by atoms with Crippen LogP contribution >= 0.6 is 23.4 Å². The number of carbonyl (C=O) groups excluding carboxylic acids is 1. The first-order valence-corrected chi connectivity index (χ1v) is 9.07. The first-order valence-electron chi connectivity index (χ1n) is 7.70. The number of likely N-dealkylation sites (N-methyl/N-ethyl adjacent to an activating group) is 1. The molecule has 0 saturated carbocycles. The van der Waals surface area contributed by atoms with E-state index < -0.39 is 0 Å². The van der Waals surface area contributed by atoms with E-state index in [4.69, 9.17) is 16.3 Å². The number of hydrogen-bond acceptors (Lipinski definition) is 3. The summed E-state index contributed by atoms with van der Waals surface area (Å²) in [5.41, 5.74) is 0.752. The van der Waals surface area contributed by atoms with Crippen molar-refractivity contribution in [2.24, 2.45) is 0 Å². The average Bonchev–Trinajstić information content (AvgIpc) is 2.56. The molecular weight excluding hydrogens is 344 g/mol. The zero-order valence-corrected chi connectivity index (χ0v) is 15.4. The second kappa shape index (κ2) is 9.57. The first kappa shape index (κ1) is 18.6. The van der Waals surface area contributed by atoms with Gasteiger partial charge in [0.1, 0.15) is 5.75 Å². The number of anilines is 1. The smallest absolute Gasteiger partial charge is 0.279 e. The monoisotopic (exact) mass is 365 g/mol. The number of amides is 1. The number of thioether (sulfide) groups is 1. The lowest BCUT2D eigenvalue weighted by molar-refractivity contribution is -0.868. The van der Waals surface area contributed by atoms with Crippen LogP contribution in [0.1, 0.15) is 0 Å². The van der Waals surface area contributed by atoms with Crippen molar-refractivity contribution in [2.45, 2.75) is 4.90 Å². The highest BCUT2D eigenvalue weighted by atomic mass is 35.5. The summed E-state index contributed by atoms with van der Waals surface area (Å²) in [6, 6.07) is 15.2. The van der Waals surface area contributed by atoms with Gasteiger partial charge in [-0.2, -0.15) is 0 Å². The van der Waals surface area contributed by atoms with Gasteiger partial charge in [-0.3, -0.25) is 4.79 Å². The van der Waals surface area contributed by atoms with Gasteiger partial charge in [-0.25, -0.2) is 0 Å². The molecule has 1 unspecified atom stereocenters. The molecule has 2 aromatic rings. The predicted molar refractivity (Wildman–Crippen MR) is 100 cm³/mol. The summed E-state index contributed by atoms with van der Waals surface area (Å²) in [4.78, 5) is 14.5. The summed E-state index contributed by atoms with van der Waals surface area (Å²) in [6.07, 6.45) is 0. The van der Waals surface area contributed by atoms with Gasteiger partial charge in [0.15, 0.2) is 6.54 Å². The number of rotatable bonds is 8. The van der Waals surface area contributed by atoms with E-state index in [2.05, 4.69) is 5.32 Å². The summed E-state index contributed by atoms with van der Waals surface area (Å²) in [5.74, 6) is 1.67. The third-order valence-electron chi connectivity index (χ3n) is 3.43. The molecule has 2 aromatic carbocycles. The highest BCUT2D eigenvalue weighted by Gasteiger charge is 2.10. The molecule has 24 heavy (non-hydrogen) atoms. The molecule has 0 saturated heterocycles. The normalized spacial score (nSPS) is 11.8. The van der Waals surface area contributed by atoms with Crippen LogP contribution in [0.5, 0.6) is 5.75 Å². The number of carbonyl (C=O) groups is 1. The van der Waals surface area contributed by atoms with E-state index in [1.54, 1.807) is 18.9 Å². The lowest BCUT2D eigenvalue weighted by Crippen LogP contribution is -3.10. The van der Waals surface area contributed by atoms with Gasteiger partial charge in [0.05, 0.1) is 20.7 Å². The van der Waals surface area contributed by atoms with Crippen molar-refractivity contribution in [3.05, 3.63) is 53.6 Å². The number of methoxy groups -OCH3 is 1. The van der Waals surface area contributed by atoms with Crippen molar-refractivity contribution < 1.29 is 14.4 Å². The van der Waals surface area contributed by atoms with Crippen LogP contribution in [0.3, 0.4) is 0 Å². The Balaban J connectivity index is 1.72. The molecule has 2 rings (SSSR count). The van der Waals surface area contributed by atoms with Crippen LogP contribution < -0.4 is 15.0 Å². The topological polar surface area (TPSA) is 42.8 Å². The Morgan fingerprint density at radius 1 is 1.25 bits per heavy atom. The van der Waals surface area contributed by atoms with Gasteiger partial charge in [0, 0.05) is 27.4 Å². The van der Waals surface area contributed by atoms with Crippen molar-refractivity contribution in [3.63, 3.8) is 0 Å². The summed E-state index contributed by atoms with van der Waals surface area (Å²) in [7, 11) is 3.63. The minimum atomic E-state index is -0.00255. The molecule has 0 spiro atoms. The van der Waals surface area contributed by atoms with Crippen LogP contribution in [-0.4, -0.2) is 38.9 Å². The van der Waals surface area contributed by atoms with Gasteiger partial charge in [0.25, 0.3) is 5.91 Å². The summed E-state index contributed by atoms with van der Waals surface area (Å²) >= 11 is 7.64.